The van der Waals surface area contributed by atoms with Gasteiger partial charge in [-0.15, -0.1) is 0 Å². The van der Waals surface area contributed by atoms with Gasteiger partial charge in [-0.25, -0.2) is 0 Å². The van der Waals surface area contributed by atoms with Crippen LogP contribution in [0.2, 0.25) is 0 Å². The topological polar surface area (TPSA) is 49.4 Å². The highest BCUT2D eigenvalue weighted by atomic mass is 16.2. The summed E-state index contributed by atoms with van der Waals surface area (Å²) in [7, 11) is 0. The maximum atomic E-state index is 13.1. The van der Waals surface area contributed by atoms with Crippen molar-refractivity contribution >= 4 is 11.8 Å². The number of nitrogens with one attached hydrogen (secondary N) is 1. The zero-order valence-corrected chi connectivity index (χ0v) is 17.0. The molecule has 0 aliphatic rings. The maximum absolute atomic E-state index is 13.1. The summed E-state index contributed by atoms with van der Waals surface area (Å²) in [6.45, 7) is 10.8. The molecule has 0 spiro atoms. The van der Waals surface area contributed by atoms with Crippen LogP contribution < -0.4 is 5.32 Å². The average Bonchev–Trinajstić information content (AvgIpc) is 2.64. The first kappa shape index (κ1) is 20.7. The lowest BCUT2D eigenvalue weighted by Crippen LogP contribution is -2.48. The molecule has 27 heavy (non-hydrogen) atoms. The molecular weight excluding hydrogens is 336 g/mol. The van der Waals surface area contributed by atoms with Gasteiger partial charge in [-0.05, 0) is 56.9 Å². The minimum atomic E-state index is -0.523. The van der Waals surface area contributed by atoms with Crippen molar-refractivity contribution in [1.29, 1.82) is 0 Å². The molecular formula is C23H30N2O2. The standard InChI is InChI=1S/C23H30N2O2/c1-6-24-23(27)19(5)25(15-20-10-7-16(2)8-11-20)22(26)14-21-12-9-17(3)18(4)13-21/h7-13,19H,6,14-15H2,1-5H3,(H,24,27). The van der Waals surface area contributed by atoms with E-state index < -0.39 is 6.04 Å². The van der Waals surface area contributed by atoms with Crippen LogP contribution in [0.4, 0.5) is 0 Å². The molecule has 4 nitrogen and oxygen atoms in total. The molecule has 0 saturated heterocycles. The molecule has 0 saturated carbocycles. The number of aryl methyl sites for hydroxylation is 3. The fourth-order valence-corrected chi connectivity index (χ4v) is 2.98. The Morgan fingerprint density at radius 1 is 0.963 bits per heavy atom. The van der Waals surface area contributed by atoms with Crippen molar-refractivity contribution in [2.45, 2.75) is 53.6 Å². The van der Waals surface area contributed by atoms with Crippen LogP contribution in [-0.2, 0) is 22.6 Å². The van der Waals surface area contributed by atoms with Gasteiger partial charge < -0.3 is 10.2 Å². The van der Waals surface area contributed by atoms with Gasteiger partial charge in [0.05, 0.1) is 6.42 Å². The van der Waals surface area contributed by atoms with Crippen LogP contribution in [-0.4, -0.2) is 29.3 Å². The predicted molar refractivity (Wildman–Crippen MR) is 109 cm³/mol. The smallest absolute Gasteiger partial charge is 0.242 e. The molecule has 1 atom stereocenters. The third kappa shape index (κ3) is 5.68. The highest BCUT2D eigenvalue weighted by Crippen LogP contribution is 2.15. The summed E-state index contributed by atoms with van der Waals surface area (Å²) in [6.07, 6.45) is 0.288. The van der Waals surface area contributed by atoms with E-state index in [2.05, 4.69) is 12.2 Å². The minimum Gasteiger partial charge on any atom is -0.355 e. The predicted octanol–water partition coefficient (Wildman–Crippen LogP) is 3.71. The normalized spacial score (nSPS) is 11.7. The zero-order chi connectivity index (χ0) is 20.0. The lowest BCUT2D eigenvalue weighted by atomic mass is 10.0. The Morgan fingerprint density at radius 3 is 2.19 bits per heavy atom. The Bertz CT molecular complexity index is 797. The second-order valence-corrected chi connectivity index (χ2v) is 7.17. The zero-order valence-electron chi connectivity index (χ0n) is 17.0. The number of amides is 2. The van der Waals surface area contributed by atoms with E-state index in [-0.39, 0.29) is 18.2 Å². The third-order valence-corrected chi connectivity index (χ3v) is 4.92. The number of rotatable bonds is 7. The van der Waals surface area contributed by atoms with E-state index in [1.54, 1.807) is 11.8 Å². The summed E-state index contributed by atoms with van der Waals surface area (Å²) >= 11 is 0. The van der Waals surface area contributed by atoms with Crippen LogP contribution in [0.25, 0.3) is 0 Å². The van der Waals surface area contributed by atoms with Gasteiger partial charge in [-0.2, -0.15) is 0 Å². The molecule has 2 rings (SSSR count). The summed E-state index contributed by atoms with van der Waals surface area (Å²) in [5, 5.41) is 2.82. The van der Waals surface area contributed by atoms with E-state index in [0.29, 0.717) is 13.1 Å². The molecule has 2 aromatic rings. The van der Waals surface area contributed by atoms with E-state index >= 15 is 0 Å². The van der Waals surface area contributed by atoms with E-state index in [1.165, 1.54) is 16.7 Å². The van der Waals surface area contributed by atoms with E-state index in [0.717, 1.165) is 11.1 Å². The van der Waals surface area contributed by atoms with Gasteiger partial charge in [-0.1, -0.05) is 48.0 Å². The largest absolute Gasteiger partial charge is 0.355 e. The van der Waals surface area contributed by atoms with Gasteiger partial charge in [0.25, 0.3) is 0 Å². The lowest BCUT2D eigenvalue weighted by molar-refractivity contribution is -0.140. The number of benzene rings is 2. The lowest BCUT2D eigenvalue weighted by Gasteiger charge is -2.29. The SMILES string of the molecule is CCNC(=O)C(C)N(Cc1ccc(C)cc1)C(=O)Cc1ccc(C)c(C)c1. The third-order valence-electron chi connectivity index (χ3n) is 4.92. The van der Waals surface area contributed by atoms with Crippen molar-refractivity contribution in [3.63, 3.8) is 0 Å². The van der Waals surface area contributed by atoms with Crippen LogP contribution in [0.5, 0.6) is 0 Å². The number of likely N-dealkylation sites (N-methyl/N-ethyl adjacent to an activating group) is 1. The Kier molecular flexibility index (Phi) is 7.17. The molecule has 1 N–H and O–H groups in total. The molecule has 2 aromatic carbocycles. The maximum Gasteiger partial charge on any atom is 0.242 e. The van der Waals surface area contributed by atoms with Gasteiger partial charge in [0, 0.05) is 13.1 Å². The number of carbonyl (C=O) groups excluding carboxylic acids is 2. The van der Waals surface area contributed by atoms with E-state index in [1.807, 2.05) is 63.2 Å². The molecule has 2 amide bonds. The molecule has 0 aromatic heterocycles. The highest BCUT2D eigenvalue weighted by Gasteiger charge is 2.25. The molecule has 0 fully saturated rings. The Morgan fingerprint density at radius 2 is 1.59 bits per heavy atom. The molecule has 0 heterocycles. The minimum absolute atomic E-state index is 0.0439. The van der Waals surface area contributed by atoms with Gasteiger partial charge in [-0.3, -0.25) is 9.59 Å². The monoisotopic (exact) mass is 366 g/mol. The van der Waals surface area contributed by atoms with Gasteiger partial charge in [0.15, 0.2) is 0 Å². The Labute approximate surface area is 162 Å². The fraction of sp³-hybridized carbons (Fsp3) is 0.391. The van der Waals surface area contributed by atoms with Crippen molar-refractivity contribution in [3.05, 3.63) is 70.3 Å². The van der Waals surface area contributed by atoms with Crippen LogP contribution in [0, 0.1) is 20.8 Å². The number of nitrogens with zero attached hydrogens (tertiary/aromatic N) is 1. The fourth-order valence-electron chi connectivity index (χ4n) is 2.98. The second-order valence-electron chi connectivity index (χ2n) is 7.17. The molecule has 144 valence electrons. The molecule has 0 aliphatic carbocycles. The summed E-state index contributed by atoms with van der Waals surface area (Å²) in [4.78, 5) is 27.1. The Hall–Kier alpha value is -2.62. The van der Waals surface area contributed by atoms with Gasteiger partial charge >= 0.3 is 0 Å². The molecule has 1 unspecified atom stereocenters. The van der Waals surface area contributed by atoms with Crippen LogP contribution in [0.1, 0.15) is 41.7 Å². The molecule has 0 aliphatic heterocycles. The first-order valence-electron chi connectivity index (χ1n) is 9.50. The highest BCUT2D eigenvalue weighted by molar-refractivity contribution is 5.88. The van der Waals surface area contributed by atoms with Crippen molar-refractivity contribution < 1.29 is 9.59 Å². The summed E-state index contributed by atoms with van der Waals surface area (Å²) in [5.41, 5.74) is 5.54. The van der Waals surface area contributed by atoms with Crippen molar-refractivity contribution in [3.8, 4) is 0 Å². The first-order valence-corrected chi connectivity index (χ1v) is 9.50. The van der Waals surface area contributed by atoms with Crippen LogP contribution >= 0.6 is 0 Å². The van der Waals surface area contributed by atoms with Crippen molar-refractivity contribution in [2.75, 3.05) is 6.54 Å². The van der Waals surface area contributed by atoms with Gasteiger partial charge in [0.2, 0.25) is 11.8 Å². The second kappa shape index (κ2) is 9.36. The molecule has 4 heteroatoms. The molecule has 0 radical (unpaired) electrons. The quantitative estimate of drug-likeness (QED) is 0.812. The first-order chi connectivity index (χ1) is 12.8. The van der Waals surface area contributed by atoms with E-state index in [4.69, 9.17) is 0 Å². The van der Waals surface area contributed by atoms with E-state index in [9.17, 15) is 9.59 Å². The summed E-state index contributed by atoms with van der Waals surface area (Å²) in [6, 6.07) is 13.6. The van der Waals surface area contributed by atoms with Crippen LogP contribution in [0.3, 0.4) is 0 Å². The van der Waals surface area contributed by atoms with Crippen LogP contribution in [0.15, 0.2) is 42.5 Å². The van der Waals surface area contributed by atoms with Crippen molar-refractivity contribution in [2.24, 2.45) is 0 Å². The summed E-state index contributed by atoms with van der Waals surface area (Å²) < 4.78 is 0. The van der Waals surface area contributed by atoms with Crippen molar-refractivity contribution in [1.82, 2.24) is 10.2 Å². The number of carbonyl (C=O) groups is 2. The van der Waals surface area contributed by atoms with Gasteiger partial charge in [0.1, 0.15) is 6.04 Å². The molecule has 0 bridgehead atoms. The Balaban J connectivity index is 2.23. The number of hydrogen-bond donors (Lipinski definition) is 1. The number of hydrogen-bond acceptors (Lipinski definition) is 2. The summed E-state index contributed by atoms with van der Waals surface area (Å²) in [5.74, 6) is -0.171. The average molecular weight is 367 g/mol.